The van der Waals surface area contributed by atoms with Crippen LogP contribution in [0.2, 0.25) is 10.0 Å². The quantitative estimate of drug-likeness (QED) is 0.709. The van der Waals surface area contributed by atoms with E-state index in [4.69, 9.17) is 32.4 Å². The van der Waals surface area contributed by atoms with E-state index in [-0.39, 0.29) is 6.04 Å². The van der Waals surface area contributed by atoms with Crippen molar-refractivity contribution in [2.24, 2.45) is 0 Å². The minimum Gasteiger partial charge on any atom is -0.444 e. The molecule has 1 aliphatic rings. The van der Waals surface area contributed by atoms with Crippen LogP contribution in [0.1, 0.15) is 45.9 Å². The van der Waals surface area contributed by atoms with Crippen molar-refractivity contribution in [2.75, 3.05) is 13.1 Å². The average Bonchev–Trinajstić information content (AvgIpc) is 3.08. The average molecular weight is 441 g/mol. The van der Waals surface area contributed by atoms with Gasteiger partial charge in [-0.3, -0.25) is 4.90 Å². The Morgan fingerprint density at radius 1 is 1.31 bits per heavy atom. The number of benzene rings is 1. The number of carbonyl (C=O) groups is 1. The summed E-state index contributed by atoms with van der Waals surface area (Å²) in [6.07, 6.45) is 2.79. The van der Waals surface area contributed by atoms with E-state index >= 15 is 0 Å². The van der Waals surface area contributed by atoms with Gasteiger partial charge in [0.15, 0.2) is 0 Å². The van der Waals surface area contributed by atoms with E-state index in [1.807, 2.05) is 20.8 Å². The van der Waals surface area contributed by atoms with Crippen LogP contribution in [0.4, 0.5) is 4.79 Å². The van der Waals surface area contributed by atoms with Gasteiger partial charge in [-0.05, 0) is 58.4 Å². The Balaban J connectivity index is 1.62. The summed E-state index contributed by atoms with van der Waals surface area (Å²) >= 11 is 12.2. The Morgan fingerprint density at radius 3 is 2.83 bits per heavy atom. The topological polar surface area (TPSA) is 80.5 Å². The summed E-state index contributed by atoms with van der Waals surface area (Å²) < 4.78 is 11.2. The highest BCUT2D eigenvalue weighted by Gasteiger charge is 2.26. The number of aromatic nitrogens is 2. The number of hydrogen-bond acceptors (Lipinski definition) is 6. The van der Waals surface area contributed by atoms with Crippen LogP contribution in [0.3, 0.4) is 0 Å². The van der Waals surface area contributed by atoms with E-state index in [0.717, 1.165) is 25.8 Å². The number of nitrogens with zero attached hydrogens (tertiary/aromatic N) is 3. The molecule has 0 saturated carbocycles. The molecule has 9 heteroatoms. The lowest BCUT2D eigenvalue weighted by Gasteiger charge is -2.34. The van der Waals surface area contributed by atoms with Crippen molar-refractivity contribution in [1.82, 2.24) is 20.4 Å². The van der Waals surface area contributed by atoms with Gasteiger partial charge < -0.3 is 14.5 Å². The zero-order chi connectivity index (χ0) is 21.0. The van der Waals surface area contributed by atoms with E-state index in [2.05, 4.69) is 20.4 Å². The van der Waals surface area contributed by atoms with Crippen molar-refractivity contribution in [3.63, 3.8) is 0 Å². The van der Waals surface area contributed by atoms with Crippen molar-refractivity contribution in [3.05, 3.63) is 34.1 Å². The summed E-state index contributed by atoms with van der Waals surface area (Å²) in [5, 5.41) is 12.2. The van der Waals surface area contributed by atoms with Gasteiger partial charge in [0.05, 0.1) is 17.1 Å². The van der Waals surface area contributed by atoms with Crippen LogP contribution in [0.15, 0.2) is 22.6 Å². The molecule has 1 aromatic carbocycles. The molecule has 0 aliphatic carbocycles. The zero-order valence-electron chi connectivity index (χ0n) is 16.9. The smallest absolute Gasteiger partial charge is 0.407 e. The maximum absolute atomic E-state index is 12.0. The van der Waals surface area contributed by atoms with Crippen LogP contribution in [-0.2, 0) is 11.3 Å². The number of likely N-dealkylation sites (tertiary alicyclic amines) is 1. The van der Waals surface area contributed by atoms with Crippen molar-refractivity contribution >= 4 is 29.3 Å². The van der Waals surface area contributed by atoms with Gasteiger partial charge in [0.2, 0.25) is 11.8 Å². The molecule has 29 heavy (non-hydrogen) atoms. The molecule has 2 aromatic rings. The van der Waals surface area contributed by atoms with Crippen molar-refractivity contribution in [1.29, 1.82) is 0 Å². The first-order chi connectivity index (χ1) is 13.7. The molecule has 1 fully saturated rings. The number of amides is 1. The van der Waals surface area contributed by atoms with Crippen LogP contribution >= 0.6 is 23.2 Å². The van der Waals surface area contributed by atoms with Gasteiger partial charge in [-0.1, -0.05) is 29.6 Å². The fourth-order valence-electron chi connectivity index (χ4n) is 3.28. The maximum Gasteiger partial charge on any atom is 0.407 e. The lowest BCUT2D eigenvalue weighted by atomic mass is 10.0. The van der Waals surface area contributed by atoms with E-state index in [0.29, 0.717) is 40.5 Å². The standard InChI is InChI=1S/C20H26Cl2N4O3/c1-20(2,3)29-19(27)23-11-14-6-4-5-9-26(14)12-17-24-25-18(28-17)15-8-7-13(21)10-16(15)22/h7-8,10,14H,4-6,9,11-12H2,1-3H3,(H,23,27)/t14-/m0/s1. The normalized spacial score (nSPS) is 17.9. The Bertz CT molecular complexity index is 850. The summed E-state index contributed by atoms with van der Waals surface area (Å²) in [5.41, 5.74) is 0.135. The van der Waals surface area contributed by atoms with Crippen LogP contribution in [-0.4, -0.2) is 45.9 Å². The third-order valence-electron chi connectivity index (χ3n) is 4.60. The van der Waals surface area contributed by atoms with Crippen molar-refractivity contribution < 1.29 is 13.9 Å². The molecule has 7 nitrogen and oxygen atoms in total. The summed E-state index contributed by atoms with van der Waals surface area (Å²) in [5.74, 6) is 0.872. The number of ether oxygens (including phenoxy) is 1. The molecule has 158 valence electrons. The van der Waals surface area contributed by atoms with E-state index in [1.165, 1.54) is 0 Å². The molecular formula is C20H26Cl2N4O3. The Kier molecular flexibility index (Phi) is 7.03. The molecule has 3 rings (SSSR count). The third-order valence-corrected chi connectivity index (χ3v) is 5.14. The predicted molar refractivity (Wildman–Crippen MR) is 112 cm³/mol. The number of piperidine rings is 1. The number of halogens is 2. The molecule has 2 heterocycles. The first-order valence-electron chi connectivity index (χ1n) is 9.70. The molecule has 1 aromatic heterocycles. The summed E-state index contributed by atoms with van der Waals surface area (Å²) in [6.45, 7) is 7.47. The lowest BCUT2D eigenvalue weighted by molar-refractivity contribution is 0.0488. The number of hydrogen-bond donors (Lipinski definition) is 1. The van der Waals surface area contributed by atoms with E-state index < -0.39 is 11.7 Å². The van der Waals surface area contributed by atoms with Crippen LogP contribution in [0, 0.1) is 0 Å². The van der Waals surface area contributed by atoms with Crippen molar-refractivity contribution in [2.45, 2.75) is 58.2 Å². The molecule has 1 saturated heterocycles. The monoisotopic (exact) mass is 440 g/mol. The molecule has 1 N–H and O–H groups in total. The maximum atomic E-state index is 12.0. The van der Waals surface area contributed by atoms with Crippen LogP contribution in [0.5, 0.6) is 0 Å². The number of rotatable bonds is 5. The first-order valence-corrected chi connectivity index (χ1v) is 10.5. The fraction of sp³-hybridized carbons (Fsp3) is 0.550. The van der Waals surface area contributed by atoms with Gasteiger partial charge >= 0.3 is 6.09 Å². The second-order valence-corrected chi connectivity index (χ2v) is 8.97. The van der Waals surface area contributed by atoms with E-state index in [1.54, 1.807) is 18.2 Å². The van der Waals surface area contributed by atoms with Crippen LogP contribution in [0.25, 0.3) is 11.5 Å². The molecule has 0 radical (unpaired) electrons. The van der Waals surface area contributed by atoms with E-state index in [9.17, 15) is 4.79 Å². The van der Waals surface area contributed by atoms with Gasteiger partial charge in [0, 0.05) is 17.6 Å². The fourth-order valence-corrected chi connectivity index (χ4v) is 3.77. The highest BCUT2D eigenvalue weighted by Crippen LogP contribution is 2.30. The highest BCUT2D eigenvalue weighted by molar-refractivity contribution is 6.36. The molecule has 0 bridgehead atoms. The Labute approximate surface area is 180 Å². The third kappa shape index (κ3) is 6.32. The van der Waals surface area contributed by atoms with Gasteiger partial charge in [-0.25, -0.2) is 4.79 Å². The number of carbonyl (C=O) groups excluding carboxylic acids is 1. The molecule has 1 atom stereocenters. The number of nitrogens with one attached hydrogen (secondary N) is 1. The largest absolute Gasteiger partial charge is 0.444 e. The molecule has 0 spiro atoms. The summed E-state index contributed by atoms with van der Waals surface area (Å²) in [6, 6.07) is 5.32. The minimum absolute atomic E-state index is 0.186. The summed E-state index contributed by atoms with van der Waals surface area (Å²) in [7, 11) is 0. The van der Waals surface area contributed by atoms with Crippen LogP contribution < -0.4 is 5.32 Å². The van der Waals surface area contributed by atoms with Crippen molar-refractivity contribution in [3.8, 4) is 11.5 Å². The Hall–Kier alpha value is -1.83. The van der Waals surface area contributed by atoms with Gasteiger partial charge in [0.25, 0.3) is 0 Å². The lowest BCUT2D eigenvalue weighted by Crippen LogP contribution is -2.47. The second-order valence-electron chi connectivity index (χ2n) is 8.13. The molecular weight excluding hydrogens is 415 g/mol. The molecule has 1 aliphatic heterocycles. The molecule has 0 unspecified atom stereocenters. The number of alkyl carbamates (subject to hydrolysis) is 1. The minimum atomic E-state index is -0.514. The Morgan fingerprint density at radius 2 is 2.10 bits per heavy atom. The highest BCUT2D eigenvalue weighted by atomic mass is 35.5. The SMILES string of the molecule is CC(C)(C)OC(=O)NC[C@@H]1CCCCN1Cc1nnc(-c2ccc(Cl)cc2Cl)o1. The second kappa shape index (κ2) is 9.32. The molecule has 1 amide bonds. The summed E-state index contributed by atoms with van der Waals surface area (Å²) in [4.78, 5) is 14.2. The van der Waals surface area contributed by atoms with Gasteiger partial charge in [-0.2, -0.15) is 0 Å². The zero-order valence-corrected chi connectivity index (χ0v) is 18.4. The van der Waals surface area contributed by atoms with Gasteiger partial charge in [-0.15, -0.1) is 10.2 Å². The first kappa shape index (κ1) is 21.9. The predicted octanol–water partition coefficient (Wildman–Crippen LogP) is 4.92. The van der Waals surface area contributed by atoms with Gasteiger partial charge in [0.1, 0.15) is 5.60 Å².